The number of ether oxygens (including phenoxy) is 3. The molecule has 0 N–H and O–H groups in total. The molecule has 0 fully saturated rings. The number of hydrogen-bond donors (Lipinski definition) is 0. The summed E-state index contributed by atoms with van der Waals surface area (Å²) in [5.74, 6) is 1.57. The minimum absolute atomic E-state index is 0.294. The van der Waals surface area contributed by atoms with Crippen molar-refractivity contribution in [2.75, 3.05) is 6.79 Å². The second-order valence-corrected chi connectivity index (χ2v) is 5.06. The summed E-state index contributed by atoms with van der Waals surface area (Å²) in [6.07, 6.45) is 1.76. The van der Waals surface area contributed by atoms with E-state index in [0.29, 0.717) is 20.0 Å². The minimum Gasteiger partial charge on any atom is -0.454 e. The summed E-state index contributed by atoms with van der Waals surface area (Å²) < 4.78 is 17.2. The van der Waals surface area contributed by atoms with Crippen LogP contribution in [0.3, 0.4) is 0 Å². The highest BCUT2D eigenvalue weighted by Crippen LogP contribution is 2.32. The Labute approximate surface area is 119 Å². The van der Waals surface area contributed by atoms with Gasteiger partial charge in [0.25, 0.3) is 0 Å². The summed E-state index contributed by atoms with van der Waals surface area (Å²) in [6.45, 7) is 1.30. The monoisotopic (exact) mass is 321 g/mol. The molecule has 4 nitrogen and oxygen atoms in total. The Kier molecular flexibility index (Phi) is 3.66. The molecular weight excluding hydrogens is 310 g/mol. The summed E-state index contributed by atoms with van der Waals surface area (Å²) in [4.78, 5) is 4.25. The fourth-order valence-electron chi connectivity index (χ4n) is 1.80. The number of benzene rings is 1. The molecule has 0 aliphatic carbocycles. The second kappa shape index (κ2) is 5.59. The molecule has 0 spiro atoms. The van der Waals surface area contributed by atoms with Crippen LogP contribution >= 0.6 is 15.9 Å². The molecule has 1 aliphatic heterocycles. The number of halogens is 1. The SMILES string of the molecule is Brc1ccc(COCc2ccc3c(c2)OCO3)nc1. The first-order valence-electron chi connectivity index (χ1n) is 5.88. The smallest absolute Gasteiger partial charge is 0.231 e. The predicted octanol–water partition coefficient (Wildman–Crippen LogP) is 3.29. The van der Waals surface area contributed by atoms with E-state index in [4.69, 9.17) is 14.2 Å². The molecule has 0 radical (unpaired) electrons. The Morgan fingerprint density at radius 1 is 1.11 bits per heavy atom. The van der Waals surface area contributed by atoms with Gasteiger partial charge in [0.2, 0.25) is 6.79 Å². The van der Waals surface area contributed by atoms with Gasteiger partial charge in [0, 0.05) is 10.7 Å². The van der Waals surface area contributed by atoms with Crippen molar-refractivity contribution in [3.05, 3.63) is 52.3 Å². The van der Waals surface area contributed by atoms with E-state index in [0.717, 1.165) is 27.2 Å². The number of rotatable bonds is 4. The van der Waals surface area contributed by atoms with Gasteiger partial charge in [-0.15, -0.1) is 0 Å². The number of hydrogen-bond acceptors (Lipinski definition) is 4. The van der Waals surface area contributed by atoms with Crippen molar-refractivity contribution < 1.29 is 14.2 Å². The van der Waals surface area contributed by atoms with Crippen LogP contribution in [0.5, 0.6) is 11.5 Å². The largest absolute Gasteiger partial charge is 0.454 e. The lowest BCUT2D eigenvalue weighted by Gasteiger charge is -2.05. The van der Waals surface area contributed by atoms with Crippen molar-refractivity contribution >= 4 is 15.9 Å². The molecule has 0 saturated carbocycles. The Balaban J connectivity index is 1.56. The van der Waals surface area contributed by atoms with Crippen molar-refractivity contribution in [1.29, 1.82) is 0 Å². The zero-order valence-electron chi connectivity index (χ0n) is 10.1. The Hall–Kier alpha value is -1.59. The average Bonchev–Trinajstić information content (AvgIpc) is 2.88. The van der Waals surface area contributed by atoms with Gasteiger partial charge in [-0.25, -0.2) is 0 Å². The molecule has 0 atom stereocenters. The molecule has 0 bridgehead atoms. The maximum atomic E-state index is 5.63. The van der Waals surface area contributed by atoms with E-state index in [1.54, 1.807) is 6.20 Å². The van der Waals surface area contributed by atoms with Crippen LogP contribution in [0.1, 0.15) is 11.3 Å². The van der Waals surface area contributed by atoms with E-state index in [1.807, 2.05) is 30.3 Å². The van der Waals surface area contributed by atoms with Crippen LogP contribution in [0.4, 0.5) is 0 Å². The lowest BCUT2D eigenvalue weighted by molar-refractivity contribution is 0.104. The van der Waals surface area contributed by atoms with Crippen molar-refractivity contribution in [1.82, 2.24) is 4.98 Å². The third kappa shape index (κ3) is 3.05. The molecular formula is C14H12BrNO3. The van der Waals surface area contributed by atoms with Gasteiger partial charge in [0.05, 0.1) is 18.9 Å². The van der Waals surface area contributed by atoms with Crippen LogP contribution in [-0.4, -0.2) is 11.8 Å². The van der Waals surface area contributed by atoms with E-state index in [2.05, 4.69) is 20.9 Å². The molecule has 0 unspecified atom stereocenters. The zero-order valence-corrected chi connectivity index (χ0v) is 11.7. The van der Waals surface area contributed by atoms with E-state index in [1.165, 1.54) is 0 Å². The third-order valence-corrected chi connectivity index (χ3v) is 3.21. The summed E-state index contributed by atoms with van der Waals surface area (Å²) in [5, 5.41) is 0. The number of nitrogens with zero attached hydrogens (tertiary/aromatic N) is 1. The molecule has 0 amide bonds. The first-order chi connectivity index (χ1) is 9.31. The zero-order chi connectivity index (χ0) is 13.1. The Morgan fingerprint density at radius 2 is 2.00 bits per heavy atom. The summed E-state index contributed by atoms with van der Waals surface area (Å²) >= 11 is 3.35. The predicted molar refractivity (Wildman–Crippen MR) is 73.0 cm³/mol. The maximum Gasteiger partial charge on any atom is 0.231 e. The molecule has 1 aromatic heterocycles. The highest BCUT2D eigenvalue weighted by atomic mass is 79.9. The van der Waals surface area contributed by atoms with Crippen LogP contribution in [0.2, 0.25) is 0 Å². The molecule has 5 heteroatoms. The van der Waals surface area contributed by atoms with Crippen molar-refractivity contribution in [3.63, 3.8) is 0 Å². The first-order valence-corrected chi connectivity index (χ1v) is 6.67. The number of aromatic nitrogens is 1. The van der Waals surface area contributed by atoms with Gasteiger partial charge >= 0.3 is 0 Å². The quantitative estimate of drug-likeness (QED) is 0.866. The highest BCUT2D eigenvalue weighted by Gasteiger charge is 2.12. The van der Waals surface area contributed by atoms with Gasteiger partial charge in [0.1, 0.15) is 0 Å². The first kappa shape index (κ1) is 12.4. The van der Waals surface area contributed by atoms with Crippen LogP contribution in [0, 0.1) is 0 Å². The van der Waals surface area contributed by atoms with E-state index < -0.39 is 0 Å². The van der Waals surface area contributed by atoms with Crippen molar-refractivity contribution in [3.8, 4) is 11.5 Å². The standard InChI is InChI=1S/C14H12BrNO3/c15-11-2-3-12(16-6-11)8-17-7-10-1-4-13-14(5-10)19-9-18-13/h1-6H,7-9H2. The minimum atomic E-state index is 0.294. The van der Waals surface area contributed by atoms with Crippen molar-refractivity contribution in [2.45, 2.75) is 13.2 Å². The lowest BCUT2D eigenvalue weighted by Crippen LogP contribution is -1.96. The highest BCUT2D eigenvalue weighted by molar-refractivity contribution is 9.10. The van der Waals surface area contributed by atoms with Gasteiger partial charge in [-0.1, -0.05) is 6.07 Å². The molecule has 2 aromatic rings. The summed E-state index contributed by atoms with van der Waals surface area (Å²) in [7, 11) is 0. The van der Waals surface area contributed by atoms with Crippen LogP contribution < -0.4 is 9.47 Å². The number of pyridine rings is 1. The Bertz CT molecular complexity index is 571. The fourth-order valence-corrected chi connectivity index (χ4v) is 2.03. The van der Waals surface area contributed by atoms with Gasteiger partial charge in [-0.2, -0.15) is 0 Å². The molecule has 3 rings (SSSR count). The lowest BCUT2D eigenvalue weighted by atomic mass is 10.2. The maximum absolute atomic E-state index is 5.63. The van der Waals surface area contributed by atoms with Gasteiger partial charge in [-0.3, -0.25) is 4.98 Å². The van der Waals surface area contributed by atoms with Crippen LogP contribution in [0.25, 0.3) is 0 Å². The molecule has 2 heterocycles. The van der Waals surface area contributed by atoms with Crippen LogP contribution in [-0.2, 0) is 18.0 Å². The third-order valence-electron chi connectivity index (χ3n) is 2.74. The molecule has 19 heavy (non-hydrogen) atoms. The molecule has 1 aliphatic rings. The van der Waals surface area contributed by atoms with E-state index >= 15 is 0 Å². The van der Waals surface area contributed by atoms with Crippen molar-refractivity contribution in [2.24, 2.45) is 0 Å². The number of fused-ring (bicyclic) bond motifs is 1. The second-order valence-electron chi connectivity index (χ2n) is 4.15. The van der Waals surface area contributed by atoms with Gasteiger partial charge in [-0.05, 0) is 45.8 Å². The topological polar surface area (TPSA) is 40.6 Å². The normalized spacial score (nSPS) is 12.7. The van der Waals surface area contributed by atoms with E-state index in [-0.39, 0.29) is 0 Å². The summed E-state index contributed by atoms with van der Waals surface area (Å²) in [6, 6.07) is 9.70. The van der Waals surface area contributed by atoms with Crippen LogP contribution in [0.15, 0.2) is 41.0 Å². The molecule has 0 saturated heterocycles. The average molecular weight is 322 g/mol. The summed E-state index contributed by atoms with van der Waals surface area (Å²) in [5.41, 5.74) is 1.96. The molecule has 98 valence electrons. The van der Waals surface area contributed by atoms with Gasteiger partial charge < -0.3 is 14.2 Å². The van der Waals surface area contributed by atoms with Gasteiger partial charge in [0.15, 0.2) is 11.5 Å². The van der Waals surface area contributed by atoms with E-state index in [9.17, 15) is 0 Å². The Morgan fingerprint density at radius 3 is 2.84 bits per heavy atom. The fraction of sp³-hybridized carbons (Fsp3) is 0.214. The molecule has 1 aromatic carbocycles.